The molecule has 0 atom stereocenters. The summed E-state index contributed by atoms with van der Waals surface area (Å²) in [7, 11) is 1.58. The summed E-state index contributed by atoms with van der Waals surface area (Å²) in [6.07, 6.45) is 0. The molecule has 1 heterocycles. The largest absolute Gasteiger partial charge is 0.497 e. The number of para-hydroxylation sites is 2. The van der Waals surface area contributed by atoms with Crippen LogP contribution in [-0.4, -0.2) is 22.0 Å². The molecule has 0 saturated heterocycles. The quantitative estimate of drug-likeness (QED) is 0.679. The van der Waals surface area contributed by atoms with Gasteiger partial charge in [-0.05, 0) is 31.2 Å². The maximum atomic E-state index is 12.6. The standard InChI is InChI=1S/C18H19N3O2.BrH/c1-3-20-15-9-4-5-10-16(15)21(18(20)19)12-17(22)13-7-6-8-14(11-13)23-2;/h4-11,19H,3,12H2,1-2H3;1H. The Bertz CT molecular complexity index is 927. The fourth-order valence-electron chi connectivity index (χ4n) is 2.81. The minimum absolute atomic E-state index is 0. The second-order valence-electron chi connectivity index (χ2n) is 5.30. The van der Waals surface area contributed by atoms with Gasteiger partial charge in [0.2, 0.25) is 5.62 Å². The summed E-state index contributed by atoms with van der Waals surface area (Å²) in [6.45, 7) is 2.83. The van der Waals surface area contributed by atoms with Crippen molar-refractivity contribution in [2.75, 3.05) is 7.11 Å². The molecule has 0 amide bonds. The van der Waals surface area contributed by atoms with E-state index < -0.39 is 0 Å². The van der Waals surface area contributed by atoms with E-state index in [9.17, 15) is 4.79 Å². The van der Waals surface area contributed by atoms with Crippen molar-refractivity contribution in [2.45, 2.75) is 20.0 Å². The first-order chi connectivity index (χ1) is 11.2. The highest BCUT2D eigenvalue weighted by Gasteiger charge is 2.14. The molecule has 0 bridgehead atoms. The van der Waals surface area contributed by atoms with Crippen LogP contribution in [0.5, 0.6) is 5.75 Å². The minimum Gasteiger partial charge on any atom is -0.497 e. The number of fused-ring (bicyclic) bond motifs is 1. The van der Waals surface area contributed by atoms with Crippen LogP contribution in [0.3, 0.4) is 0 Å². The lowest BCUT2D eigenvalue weighted by Gasteiger charge is -2.06. The van der Waals surface area contributed by atoms with Crippen LogP contribution in [0.2, 0.25) is 0 Å². The molecule has 0 aliphatic heterocycles. The predicted octanol–water partition coefficient (Wildman–Crippen LogP) is 3.41. The van der Waals surface area contributed by atoms with Gasteiger partial charge in [0.25, 0.3) is 0 Å². The summed E-state index contributed by atoms with van der Waals surface area (Å²) in [5.74, 6) is 0.615. The fourth-order valence-corrected chi connectivity index (χ4v) is 2.81. The Hall–Kier alpha value is -2.34. The number of methoxy groups -OCH3 is 1. The van der Waals surface area contributed by atoms with Gasteiger partial charge >= 0.3 is 0 Å². The number of ether oxygens (including phenoxy) is 1. The third kappa shape index (κ3) is 3.14. The summed E-state index contributed by atoms with van der Waals surface area (Å²) in [4.78, 5) is 12.6. The number of rotatable bonds is 5. The van der Waals surface area contributed by atoms with E-state index in [1.54, 1.807) is 29.9 Å². The Morgan fingerprint density at radius 2 is 1.75 bits per heavy atom. The zero-order valence-corrected chi connectivity index (χ0v) is 15.4. The van der Waals surface area contributed by atoms with E-state index in [-0.39, 0.29) is 29.3 Å². The maximum Gasteiger partial charge on any atom is 0.203 e. The maximum absolute atomic E-state index is 12.6. The van der Waals surface area contributed by atoms with Crippen molar-refractivity contribution in [3.8, 4) is 5.75 Å². The number of aromatic nitrogens is 2. The van der Waals surface area contributed by atoms with Crippen molar-refractivity contribution in [1.29, 1.82) is 5.41 Å². The lowest BCUT2D eigenvalue weighted by molar-refractivity contribution is 0.0971. The highest BCUT2D eigenvalue weighted by atomic mass is 79.9. The van der Waals surface area contributed by atoms with Crippen LogP contribution >= 0.6 is 17.0 Å². The number of carbonyl (C=O) groups is 1. The summed E-state index contributed by atoms with van der Waals surface area (Å²) in [5, 5.41) is 8.36. The number of nitrogens with one attached hydrogen (secondary N) is 1. The van der Waals surface area contributed by atoms with E-state index in [2.05, 4.69) is 0 Å². The molecule has 5 nitrogen and oxygen atoms in total. The number of benzene rings is 2. The zero-order valence-electron chi connectivity index (χ0n) is 13.7. The average Bonchev–Trinajstić information content (AvgIpc) is 2.86. The highest BCUT2D eigenvalue weighted by Crippen LogP contribution is 2.16. The molecule has 0 aliphatic carbocycles. The number of halogens is 1. The van der Waals surface area contributed by atoms with Crippen LogP contribution in [-0.2, 0) is 13.1 Å². The molecule has 3 rings (SSSR count). The molecule has 0 aliphatic rings. The van der Waals surface area contributed by atoms with Crippen molar-refractivity contribution in [3.05, 3.63) is 59.7 Å². The summed E-state index contributed by atoms with van der Waals surface area (Å²) in [6, 6.07) is 14.9. The number of nitrogens with zero attached hydrogens (tertiary/aromatic N) is 2. The molecule has 1 aromatic heterocycles. The van der Waals surface area contributed by atoms with E-state index in [1.165, 1.54) is 0 Å². The number of hydrogen-bond donors (Lipinski definition) is 1. The Labute approximate surface area is 150 Å². The topological polar surface area (TPSA) is 60.0 Å². The number of imidazole rings is 1. The van der Waals surface area contributed by atoms with Crippen LogP contribution in [0.25, 0.3) is 11.0 Å². The van der Waals surface area contributed by atoms with Crippen LogP contribution in [0, 0.1) is 5.41 Å². The molecule has 6 heteroatoms. The van der Waals surface area contributed by atoms with Gasteiger partial charge in [-0.3, -0.25) is 10.2 Å². The van der Waals surface area contributed by atoms with Crippen molar-refractivity contribution in [2.24, 2.45) is 0 Å². The second kappa shape index (κ2) is 7.49. The van der Waals surface area contributed by atoms with Gasteiger partial charge < -0.3 is 13.9 Å². The lowest BCUT2D eigenvalue weighted by Crippen LogP contribution is -2.27. The van der Waals surface area contributed by atoms with E-state index in [1.807, 2.05) is 41.8 Å². The average molecular weight is 390 g/mol. The van der Waals surface area contributed by atoms with Gasteiger partial charge in [-0.15, -0.1) is 17.0 Å². The first kappa shape index (κ1) is 18.0. The molecule has 2 aromatic carbocycles. The molecule has 24 heavy (non-hydrogen) atoms. The third-order valence-electron chi connectivity index (χ3n) is 3.98. The van der Waals surface area contributed by atoms with Crippen LogP contribution in [0.4, 0.5) is 0 Å². The van der Waals surface area contributed by atoms with Gasteiger partial charge in [-0.2, -0.15) is 0 Å². The number of aryl methyl sites for hydroxylation is 1. The molecular formula is C18H20BrN3O2. The Kier molecular flexibility index (Phi) is 5.62. The van der Waals surface area contributed by atoms with Crippen molar-refractivity contribution >= 4 is 33.8 Å². The Morgan fingerprint density at radius 3 is 2.38 bits per heavy atom. The van der Waals surface area contributed by atoms with Gasteiger partial charge in [0.05, 0.1) is 24.7 Å². The van der Waals surface area contributed by atoms with Gasteiger partial charge in [0.1, 0.15) is 5.75 Å². The van der Waals surface area contributed by atoms with E-state index >= 15 is 0 Å². The van der Waals surface area contributed by atoms with Crippen molar-refractivity contribution < 1.29 is 9.53 Å². The first-order valence-electron chi connectivity index (χ1n) is 7.55. The number of carbonyl (C=O) groups excluding carboxylic acids is 1. The van der Waals surface area contributed by atoms with Crippen molar-refractivity contribution in [1.82, 2.24) is 9.13 Å². The van der Waals surface area contributed by atoms with E-state index in [0.29, 0.717) is 23.5 Å². The molecule has 0 unspecified atom stereocenters. The molecule has 126 valence electrons. The van der Waals surface area contributed by atoms with Gasteiger partial charge in [0, 0.05) is 12.1 Å². The van der Waals surface area contributed by atoms with Crippen LogP contribution in [0.15, 0.2) is 48.5 Å². The van der Waals surface area contributed by atoms with Crippen LogP contribution < -0.4 is 10.4 Å². The fraction of sp³-hybridized carbons (Fsp3) is 0.222. The molecule has 3 aromatic rings. The Balaban J connectivity index is 0.00000208. The third-order valence-corrected chi connectivity index (χ3v) is 3.98. The number of ketones is 1. The summed E-state index contributed by atoms with van der Waals surface area (Å²) < 4.78 is 8.82. The van der Waals surface area contributed by atoms with Gasteiger partial charge in [-0.25, -0.2) is 0 Å². The highest BCUT2D eigenvalue weighted by molar-refractivity contribution is 8.93. The number of hydrogen-bond acceptors (Lipinski definition) is 3. The molecule has 0 radical (unpaired) electrons. The normalized spacial score (nSPS) is 10.4. The molecule has 0 fully saturated rings. The summed E-state index contributed by atoms with van der Waals surface area (Å²) in [5.41, 5.74) is 2.79. The van der Waals surface area contributed by atoms with E-state index in [4.69, 9.17) is 10.1 Å². The van der Waals surface area contributed by atoms with Crippen LogP contribution in [0.1, 0.15) is 17.3 Å². The molecule has 0 spiro atoms. The monoisotopic (exact) mass is 389 g/mol. The van der Waals surface area contributed by atoms with Gasteiger partial charge in [-0.1, -0.05) is 24.3 Å². The first-order valence-corrected chi connectivity index (χ1v) is 7.55. The second-order valence-corrected chi connectivity index (χ2v) is 5.30. The van der Waals surface area contributed by atoms with Crippen molar-refractivity contribution in [3.63, 3.8) is 0 Å². The molecule has 1 N–H and O–H groups in total. The zero-order chi connectivity index (χ0) is 16.4. The van der Waals surface area contributed by atoms with Gasteiger partial charge in [0.15, 0.2) is 5.78 Å². The SMILES string of the molecule is Br.CCn1c(=N)n(CC(=O)c2cccc(OC)c2)c2ccccc21. The summed E-state index contributed by atoms with van der Waals surface area (Å²) >= 11 is 0. The predicted molar refractivity (Wildman–Crippen MR) is 99.1 cm³/mol. The minimum atomic E-state index is -0.0404. The molecule has 0 saturated carbocycles. The Morgan fingerprint density at radius 1 is 1.08 bits per heavy atom. The molecular weight excluding hydrogens is 370 g/mol. The number of Topliss-reactive ketones (excluding diaryl/α,β-unsaturated/α-hetero) is 1. The lowest BCUT2D eigenvalue weighted by atomic mass is 10.1. The van der Waals surface area contributed by atoms with E-state index in [0.717, 1.165) is 11.0 Å². The smallest absolute Gasteiger partial charge is 0.203 e.